The van der Waals surface area contributed by atoms with Crippen LogP contribution < -0.4 is 10.2 Å². The summed E-state index contributed by atoms with van der Waals surface area (Å²) in [6, 6.07) is 14.4. The van der Waals surface area contributed by atoms with E-state index in [2.05, 4.69) is 39.6 Å². The van der Waals surface area contributed by atoms with Gasteiger partial charge in [0.15, 0.2) is 9.84 Å². The van der Waals surface area contributed by atoms with Gasteiger partial charge < -0.3 is 34.4 Å². The molecule has 4 saturated heterocycles. The second-order valence-electron chi connectivity index (χ2n) is 16.9. The van der Waals surface area contributed by atoms with Crippen molar-refractivity contribution in [1.29, 1.82) is 0 Å². The molecule has 11 nitrogen and oxygen atoms in total. The number of alkyl carbamates (subject to hydrolysis) is 1. The van der Waals surface area contributed by atoms with Crippen LogP contribution >= 0.6 is 0 Å². The molecule has 1 unspecified atom stereocenters. The van der Waals surface area contributed by atoms with Crippen LogP contribution in [0.5, 0.6) is 0 Å². The number of hydrogen-bond donors (Lipinski definition) is 1. The first-order valence-electron chi connectivity index (χ1n) is 20.1. The Hall–Kier alpha value is -3.52. The lowest BCUT2D eigenvalue weighted by molar-refractivity contribution is -0.126. The molecule has 4 atom stereocenters. The number of ether oxygens (including phenoxy) is 2. The van der Waals surface area contributed by atoms with Gasteiger partial charge in [-0.1, -0.05) is 32.1 Å². The lowest BCUT2D eigenvalue weighted by Gasteiger charge is -2.55. The van der Waals surface area contributed by atoms with Gasteiger partial charge in [-0.15, -0.1) is 0 Å². The van der Waals surface area contributed by atoms with Crippen LogP contribution in [-0.2, 0) is 29.5 Å². The number of carbonyl (C=O) groups is 2. The van der Waals surface area contributed by atoms with Gasteiger partial charge in [0.2, 0.25) is 5.91 Å². The van der Waals surface area contributed by atoms with Crippen molar-refractivity contribution in [1.82, 2.24) is 20.0 Å². The van der Waals surface area contributed by atoms with Crippen LogP contribution in [0.25, 0.3) is 0 Å². The highest BCUT2D eigenvalue weighted by Gasteiger charge is 2.53. The van der Waals surface area contributed by atoms with Gasteiger partial charge in [-0.25, -0.2) is 17.6 Å². The Kier molecular flexibility index (Phi) is 11.9. The van der Waals surface area contributed by atoms with Gasteiger partial charge in [0.25, 0.3) is 0 Å². The minimum Gasteiger partial charge on any atom is -0.453 e. The molecule has 0 aromatic heterocycles. The quantitative estimate of drug-likeness (QED) is 0.306. The number of halogens is 1. The molecule has 7 rings (SSSR count). The van der Waals surface area contributed by atoms with Gasteiger partial charge >= 0.3 is 6.09 Å². The van der Waals surface area contributed by atoms with Crippen LogP contribution in [0.4, 0.5) is 14.9 Å². The normalized spacial score (nSPS) is 26.3. The van der Waals surface area contributed by atoms with Crippen molar-refractivity contribution in [3.63, 3.8) is 0 Å². The number of benzene rings is 2. The fourth-order valence-corrected chi connectivity index (χ4v) is 11.9. The third kappa shape index (κ3) is 8.31. The molecule has 5 aliphatic rings. The van der Waals surface area contributed by atoms with E-state index in [1.54, 1.807) is 18.2 Å². The lowest BCUT2D eigenvalue weighted by atomic mass is 9.57. The van der Waals surface area contributed by atoms with E-state index in [-0.39, 0.29) is 52.6 Å². The number of sulfone groups is 1. The van der Waals surface area contributed by atoms with Crippen molar-refractivity contribution in [3.8, 4) is 0 Å². The Labute approximate surface area is 326 Å². The average Bonchev–Trinajstić information content (AvgIpc) is 3.46. The molecule has 0 bridgehead atoms. The number of anilines is 1. The van der Waals surface area contributed by atoms with Crippen LogP contribution in [0.15, 0.2) is 66.1 Å². The summed E-state index contributed by atoms with van der Waals surface area (Å²) in [4.78, 5) is 33.9. The van der Waals surface area contributed by atoms with Gasteiger partial charge in [-0.2, -0.15) is 0 Å². The molecule has 1 N–H and O–H groups in total. The summed E-state index contributed by atoms with van der Waals surface area (Å²) in [5.74, 6) is 0.0188. The zero-order valence-corrected chi connectivity index (χ0v) is 33.3. The number of nitrogens with zero attached hydrogens (tertiary/aromatic N) is 4. The molecule has 1 saturated carbocycles. The molecular formula is C42H58FN5O6S. The monoisotopic (exact) mass is 779 g/mol. The van der Waals surface area contributed by atoms with Crippen LogP contribution in [0.1, 0.15) is 51.0 Å². The molecule has 2 aromatic carbocycles. The number of rotatable bonds is 12. The first-order valence-corrected chi connectivity index (χ1v) is 21.6. The number of nitrogens with one attached hydrogen (secondary N) is 1. The summed E-state index contributed by atoms with van der Waals surface area (Å²) in [6.45, 7) is 14.3. The second-order valence-corrected chi connectivity index (χ2v) is 19.1. The minimum atomic E-state index is -3.71. The molecule has 5 fully saturated rings. The second kappa shape index (κ2) is 16.5. The van der Waals surface area contributed by atoms with Crippen molar-refractivity contribution >= 4 is 27.5 Å². The fraction of sp³-hybridized carbons (Fsp3) is 0.619. The maximum absolute atomic E-state index is 15.0. The molecule has 55 heavy (non-hydrogen) atoms. The van der Waals surface area contributed by atoms with Crippen LogP contribution in [0.2, 0.25) is 0 Å². The minimum absolute atomic E-state index is 0.0201. The number of methoxy groups -OCH3 is 1. The van der Waals surface area contributed by atoms with Crippen molar-refractivity contribution in [2.75, 3.05) is 90.7 Å². The van der Waals surface area contributed by atoms with Crippen molar-refractivity contribution < 1.29 is 31.9 Å². The average molecular weight is 780 g/mol. The highest BCUT2D eigenvalue weighted by atomic mass is 32.2. The van der Waals surface area contributed by atoms with Crippen molar-refractivity contribution in [2.24, 2.45) is 17.3 Å². The molecule has 2 aromatic rings. The molecule has 0 spiro atoms. The molecule has 2 amide bonds. The van der Waals surface area contributed by atoms with E-state index in [0.717, 1.165) is 95.7 Å². The zero-order valence-electron chi connectivity index (χ0n) is 32.5. The smallest absolute Gasteiger partial charge is 0.407 e. The lowest BCUT2D eigenvalue weighted by Crippen LogP contribution is -2.62. The highest BCUT2D eigenvalue weighted by Crippen LogP contribution is 2.52. The first-order chi connectivity index (χ1) is 26.4. The van der Waals surface area contributed by atoms with E-state index >= 15 is 4.39 Å². The summed E-state index contributed by atoms with van der Waals surface area (Å²) in [5, 5.41) is 2.34. The molecule has 13 heteroatoms. The Morgan fingerprint density at radius 1 is 1.02 bits per heavy atom. The van der Waals surface area contributed by atoms with E-state index in [9.17, 15) is 18.0 Å². The summed E-state index contributed by atoms with van der Waals surface area (Å²) in [6.07, 6.45) is 6.92. The predicted octanol–water partition coefficient (Wildman–Crippen LogP) is 4.72. The van der Waals surface area contributed by atoms with Gasteiger partial charge in [0, 0.05) is 61.8 Å². The third-order valence-electron chi connectivity index (χ3n) is 13.2. The molecule has 1 aliphatic carbocycles. The number of hydrogen-bond acceptors (Lipinski definition) is 9. The summed E-state index contributed by atoms with van der Waals surface area (Å²) in [7, 11) is -2.30. The molecule has 0 radical (unpaired) electrons. The molecule has 300 valence electrons. The molecule has 4 aliphatic heterocycles. The van der Waals surface area contributed by atoms with Crippen molar-refractivity contribution in [2.45, 2.75) is 67.1 Å². The largest absolute Gasteiger partial charge is 0.453 e. The Bertz CT molecular complexity index is 1790. The summed E-state index contributed by atoms with van der Waals surface area (Å²) in [5.41, 5.74) is 1.86. The SMILES string of the molecule is C=CC(=O)N1CCOC[C@H](S(=O)(=O)c2ccc(N3CC(C)(CN4CCC(C(CN5CCC5)(c5cccc(F)c5)[C@H]5CCC[C@@H]5NC(=O)OC)CC4)C3)cc2)C1. The van der Waals surface area contributed by atoms with Crippen LogP contribution in [-0.4, -0.2) is 132 Å². The van der Waals surface area contributed by atoms with E-state index in [4.69, 9.17) is 9.47 Å². The number of piperidine rings is 1. The van der Waals surface area contributed by atoms with Crippen LogP contribution in [0, 0.1) is 23.1 Å². The number of carbonyl (C=O) groups excluding carboxylic acids is 2. The van der Waals surface area contributed by atoms with Gasteiger partial charge in [0.1, 0.15) is 11.1 Å². The topological polar surface area (TPSA) is 112 Å². The van der Waals surface area contributed by atoms with Crippen LogP contribution in [0.3, 0.4) is 0 Å². The predicted molar refractivity (Wildman–Crippen MR) is 210 cm³/mol. The highest BCUT2D eigenvalue weighted by molar-refractivity contribution is 7.92. The van der Waals surface area contributed by atoms with Gasteiger partial charge in [-0.05, 0) is 118 Å². The maximum Gasteiger partial charge on any atom is 0.407 e. The van der Waals surface area contributed by atoms with E-state index in [1.165, 1.54) is 30.6 Å². The molecular weight excluding hydrogens is 722 g/mol. The Balaban J connectivity index is 1.00. The zero-order chi connectivity index (χ0) is 38.8. The van der Waals surface area contributed by atoms with E-state index in [1.807, 2.05) is 18.2 Å². The number of likely N-dealkylation sites (tertiary alicyclic amines) is 2. The van der Waals surface area contributed by atoms with Gasteiger partial charge in [-0.3, -0.25) is 4.79 Å². The van der Waals surface area contributed by atoms with E-state index in [0.29, 0.717) is 19.1 Å². The van der Waals surface area contributed by atoms with Gasteiger partial charge in [0.05, 0.1) is 25.2 Å². The Morgan fingerprint density at radius 2 is 1.76 bits per heavy atom. The standard InChI is InChI=1S/C42H58FN5O6S/c1-4-39(49)47-22-23-54-26-36(25-47)55(51,52)35-14-12-34(13-15-35)48-28-41(2,29-48)27-46-20-16-31(17-21-46)42(30-45-18-7-19-45,32-8-5-9-33(43)24-32)37-10-6-11-38(37)44-40(50)53-3/h4-5,8-9,12-15,24,31,36-38H,1,6-7,10-11,16-23,25-30H2,2-3H3,(H,44,50)/t36-,37+,38+,42?/m1/s1. The summed E-state index contributed by atoms with van der Waals surface area (Å²) >= 11 is 0. The van der Waals surface area contributed by atoms with Crippen molar-refractivity contribution in [3.05, 3.63) is 72.6 Å². The first kappa shape index (κ1) is 39.7. The van der Waals surface area contributed by atoms with E-state index < -0.39 is 21.2 Å². The third-order valence-corrected chi connectivity index (χ3v) is 15.3. The fourth-order valence-electron chi connectivity index (χ4n) is 10.4. The summed E-state index contributed by atoms with van der Waals surface area (Å²) < 4.78 is 52.8. The Morgan fingerprint density at radius 3 is 2.42 bits per heavy atom. The number of amides is 2. The maximum atomic E-state index is 15.0. The molecule has 4 heterocycles.